The largest absolute Gasteiger partial charge is 0.450 e. The first kappa shape index (κ1) is 20.1. The molecule has 3 fully saturated rings. The van der Waals surface area contributed by atoms with Gasteiger partial charge in [0, 0.05) is 23.2 Å². The van der Waals surface area contributed by atoms with Gasteiger partial charge in [0.05, 0.1) is 0 Å². The van der Waals surface area contributed by atoms with Gasteiger partial charge in [-0.2, -0.15) is 0 Å². The van der Waals surface area contributed by atoms with E-state index in [0.717, 1.165) is 25.7 Å². The molecule has 8 atom stereocenters. The minimum atomic E-state index is -1.11. The van der Waals surface area contributed by atoms with Crippen molar-refractivity contribution in [2.75, 3.05) is 0 Å². The molecule has 0 aromatic rings. The Kier molecular flexibility index (Phi) is 4.12. The maximum atomic E-state index is 15.4. The molecule has 2 unspecified atom stereocenters. The summed E-state index contributed by atoms with van der Waals surface area (Å²) in [5.41, 5.74) is -1.32. The molecular formula is C25H31FO4. The normalized spacial score (nSPS) is 48.4. The second-order valence-electron chi connectivity index (χ2n) is 10.7. The second kappa shape index (κ2) is 6.14. The number of allylic oxidation sites excluding steroid dienone is 4. The number of hydrogen-bond acceptors (Lipinski definition) is 4. The standard InChI is InChI=1S/C25H31FO4/c1-5-22(29)30-25(13(2)27)9-7-16-14-11-20(26)19-12-21(28)15-10-18(15)24(19,4)17(14)6-8-23(16,25)3/h11-12,14-18H,5-10H2,1-4H3/t14-,15?,16-,17+,18?,23-,24+,25+/m0/s1. The van der Waals surface area contributed by atoms with Gasteiger partial charge in [0.15, 0.2) is 17.2 Å². The van der Waals surface area contributed by atoms with E-state index in [1.807, 2.05) is 0 Å². The van der Waals surface area contributed by atoms with E-state index in [-0.39, 0.29) is 64.8 Å². The van der Waals surface area contributed by atoms with Crippen LogP contribution in [0.15, 0.2) is 23.6 Å². The van der Waals surface area contributed by atoms with Gasteiger partial charge in [0.25, 0.3) is 0 Å². The summed E-state index contributed by atoms with van der Waals surface area (Å²) in [5.74, 6) is 0.0289. The zero-order chi connectivity index (χ0) is 21.6. The summed E-state index contributed by atoms with van der Waals surface area (Å²) in [4.78, 5) is 37.4. The van der Waals surface area contributed by atoms with Crippen molar-refractivity contribution in [2.24, 2.45) is 40.4 Å². The zero-order valence-electron chi connectivity index (χ0n) is 18.3. The van der Waals surface area contributed by atoms with Crippen molar-refractivity contribution < 1.29 is 23.5 Å². The molecule has 4 nitrogen and oxygen atoms in total. The summed E-state index contributed by atoms with van der Waals surface area (Å²) < 4.78 is 21.3. The lowest BCUT2D eigenvalue weighted by Gasteiger charge is -2.57. The van der Waals surface area contributed by atoms with Gasteiger partial charge in [-0.05, 0) is 80.4 Å². The smallest absolute Gasteiger partial charge is 0.306 e. The summed E-state index contributed by atoms with van der Waals surface area (Å²) >= 11 is 0. The number of esters is 1. The molecule has 5 heteroatoms. The van der Waals surface area contributed by atoms with Crippen molar-refractivity contribution in [3.63, 3.8) is 0 Å². The Labute approximate surface area is 177 Å². The maximum Gasteiger partial charge on any atom is 0.306 e. The molecule has 5 aliphatic rings. The van der Waals surface area contributed by atoms with E-state index in [9.17, 15) is 14.4 Å². The van der Waals surface area contributed by atoms with Crippen molar-refractivity contribution in [3.05, 3.63) is 23.6 Å². The van der Waals surface area contributed by atoms with Gasteiger partial charge in [-0.15, -0.1) is 0 Å². The van der Waals surface area contributed by atoms with Crippen LogP contribution in [-0.4, -0.2) is 23.1 Å². The van der Waals surface area contributed by atoms with Crippen molar-refractivity contribution in [2.45, 2.75) is 71.8 Å². The van der Waals surface area contributed by atoms with Gasteiger partial charge in [-0.25, -0.2) is 4.39 Å². The molecule has 0 bridgehead atoms. The van der Waals surface area contributed by atoms with Crippen LogP contribution in [0.3, 0.4) is 0 Å². The summed E-state index contributed by atoms with van der Waals surface area (Å²) in [6, 6.07) is 0. The van der Waals surface area contributed by atoms with E-state index < -0.39 is 11.0 Å². The Bertz CT molecular complexity index is 918. The Morgan fingerprint density at radius 2 is 1.87 bits per heavy atom. The first-order valence-electron chi connectivity index (χ1n) is 11.5. The Balaban J connectivity index is 1.58. The van der Waals surface area contributed by atoms with E-state index in [1.54, 1.807) is 19.1 Å². The number of fused-ring (bicyclic) bond motifs is 7. The molecule has 0 aromatic heterocycles. The number of carbonyl (C=O) groups excluding carboxylic acids is 3. The van der Waals surface area contributed by atoms with Crippen LogP contribution in [-0.2, 0) is 19.1 Å². The number of halogens is 1. The molecule has 0 spiro atoms. The fourth-order valence-corrected chi connectivity index (χ4v) is 8.05. The van der Waals surface area contributed by atoms with Crippen LogP contribution < -0.4 is 0 Å². The highest BCUT2D eigenvalue weighted by Crippen LogP contribution is 2.72. The fraction of sp³-hybridized carbons (Fsp3) is 0.720. The number of hydrogen-bond donors (Lipinski definition) is 0. The maximum absolute atomic E-state index is 15.4. The molecule has 162 valence electrons. The lowest BCUT2D eigenvalue weighted by atomic mass is 9.47. The molecule has 30 heavy (non-hydrogen) atoms. The van der Waals surface area contributed by atoms with Crippen LogP contribution in [0, 0.1) is 40.4 Å². The third-order valence-corrected chi connectivity index (χ3v) is 9.76. The summed E-state index contributed by atoms with van der Waals surface area (Å²) in [7, 11) is 0. The lowest BCUT2D eigenvalue weighted by Crippen LogP contribution is -2.58. The highest BCUT2D eigenvalue weighted by molar-refractivity contribution is 5.97. The molecule has 0 radical (unpaired) electrons. The molecule has 0 saturated heterocycles. The van der Waals surface area contributed by atoms with Crippen LogP contribution in [0.4, 0.5) is 4.39 Å². The SMILES string of the molecule is CCC(=O)O[C@@]1(C(C)=O)CC[C@H]2[C@@H]3C=C(F)C4=CC(=O)C5CC5[C@@]4(C)[C@@H]3CC[C@@]21C. The van der Waals surface area contributed by atoms with Gasteiger partial charge in [-0.1, -0.05) is 20.8 Å². The van der Waals surface area contributed by atoms with Crippen molar-refractivity contribution in [3.8, 4) is 0 Å². The van der Waals surface area contributed by atoms with E-state index >= 15 is 4.39 Å². The molecule has 0 amide bonds. The van der Waals surface area contributed by atoms with Gasteiger partial charge in [0.1, 0.15) is 5.83 Å². The average Bonchev–Trinajstić information content (AvgIpc) is 3.45. The average molecular weight is 415 g/mol. The summed E-state index contributed by atoms with van der Waals surface area (Å²) in [6.45, 7) is 7.51. The van der Waals surface area contributed by atoms with Gasteiger partial charge >= 0.3 is 5.97 Å². The Morgan fingerprint density at radius 1 is 1.17 bits per heavy atom. The minimum absolute atomic E-state index is 0.00176. The number of ether oxygens (including phenoxy) is 1. The van der Waals surface area contributed by atoms with Crippen LogP contribution in [0.2, 0.25) is 0 Å². The van der Waals surface area contributed by atoms with Crippen molar-refractivity contribution in [1.29, 1.82) is 0 Å². The molecular weight excluding hydrogens is 383 g/mol. The molecule has 5 aliphatic carbocycles. The van der Waals surface area contributed by atoms with Gasteiger partial charge in [0.2, 0.25) is 0 Å². The van der Waals surface area contributed by atoms with E-state index in [4.69, 9.17) is 4.74 Å². The Morgan fingerprint density at radius 3 is 2.53 bits per heavy atom. The van der Waals surface area contributed by atoms with Crippen LogP contribution in [0.5, 0.6) is 0 Å². The molecule has 3 saturated carbocycles. The highest BCUT2D eigenvalue weighted by Gasteiger charge is 2.70. The van der Waals surface area contributed by atoms with E-state index in [2.05, 4.69) is 13.8 Å². The third kappa shape index (κ3) is 2.24. The number of Topliss-reactive ketones (excluding diaryl/α,β-unsaturated/α-hetero) is 1. The van der Waals surface area contributed by atoms with Crippen LogP contribution in [0.1, 0.15) is 66.2 Å². The molecule has 0 aliphatic heterocycles. The molecule has 0 N–H and O–H groups in total. The fourth-order valence-electron chi connectivity index (χ4n) is 8.05. The topological polar surface area (TPSA) is 60.4 Å². The highest BCUT2D eigenvalue weighted by atomic mass is 19.1. The summed E-state index contributed by atoms with van der Waals surface area (Å²) in [5, 5.41) is 0. The van der Waals surface area contributed by atoms with E-state index in [1.165, 1.54) is 6.92 Å². The Hall–Kier alpha value is -1.78. The monoisotopic (exact) mass is 414 g/mol. The quantitative estimate of drug-likeness (QED) is 0.627. The van der Waals surface area contributed by atoms with Crippen LogP contribution >= 0.6 is 0 Å². The molecule has 0 heterocycles. The van der Waals surface area contributed by atoms with Crippen molar-refractivity contribution in [1.82, 2.24) is 0 Å². The molecule has 0 aromatic carbocycles. The third-order valence-electron chi connectivity index (χ3n) is 9.76. The first-order valence-corrected chi connectivity index (χ1v) is 11.5. The van der Waals surface area contributed by atoms with Gasteiger partial charge < -0.3 is 4.74 Å². The first-order chi connectivity index (χ1) is 14.1. The minimum Gasteiger partial charge on any atom is -0.450 e. The lowest BCUT2D eigenvalue weighted by molar-refractivity contribution is -0.187. The second-order valence-corrected chi connectivity index (χ2v) is 10.7. The van der Waals surface area contributed by atoms with E-state index in [0.29, 0.717) is 12.0 Å². The zero-order valence-corrected chi connectivity index (χ0v) is 18.3. The van der Waals surface area contributed by atoms with Gasteiger partial charge in [-0.3, -0.25) is 14.4 Å². The number of ketones is 2. The van der Waals surface area contributed by atoms with Crippen LogP contribution in [0.25, 0.3) is 0 Å². The number of rotatable bonds is 3. The summed E-state index contributed by atoms with van der Waals surface area (Å²) in [6.07, 6.45) is 7.29. The van der Waals surface area contributed by atoms with Crippen molar-refractivity contribution >= 4 is 17.5 Å². The molecule has 5 rings (SSSR count). The predicted molar refractivity (Wildman–Crippen MR) is 109 cm³/mol. The predicted octanol–water partition coefficient (Wildman–Crippen LogP) is 4.73. The number of carbonyl (C=O) groups is 3.